The quantitative estimate of drug-likeness (QED) is 0.864. The maximum Gasteiger partial charge on any atom is 0.119 e. The topological polar surface area (TPSA) is 35.2 Å². The first-order chi connectivity index (χ1) is 5.77. The van der Waals surface area contributed by atoms with Gasteiger partial charge in [0.15, 0.2) is 0 Å². The lowest BCUT2D eigenvalue weighted by Gasteiger charge is -2.06. The zero-order valence-corrected chi connectivity index (χ0v) is 8.60. The number of hydrogen-bond donors (Lipinski definition) is 1. The van der Waals surface area contributed by atoms with E-state index in [1.807, 2.05) is 25.1 Å². The Kier molecular flexibility index (Phi) is 3.56. The fraction of sp³-hybridized carbons (Fsp3) is 0.333. The molecule has 0 spiro atoms. The summed E-state index contributed by atoms with van der Waals surface area (Å²) in [5, 5.41) is 0. The molecule has 0 heterocycles. The number of rotatable bonds is 3. The van der Waals surface area contributed by atoms with Crippen LogP contribution < -0.4 is 10.5 Å². The van der Waals surface area contributed by atoms with Gasteiger partial charge in [-0.1, -0.05) is 15.9 Å². The monoisotopic (exact) mass is 229 g/mol. The van der Waals surface area contributed by atoms with Crippen LogP contribution in [0.2, 0.25) is 0 Å². The summed E-state index contributed by atoms with van der Waals surface area (Å²) in [5.74, 6) is 0.876. The summed E-state index contributed by atoms with van der Waals surface area (Å²) in [6, 6.07) is 5.83. The lowest BCUT2D eigenvalue weighted by molar-refractivity contribution is 0.340. The molecule has 12 heavy (non-hydrogen) atoms. The number of ether oxygens (including phenoxy) is 1. The van der Waals surface area contributed by atoms with Gasteiger partial charge >= 0.3 is 0 Å². The van der Waals surface area contributed by atoms with Gasteiger partial charge in [-0.2, -0.15) is 0 Å². The molecule has 1 rings (SSSR count). The van der Waals surface area contributed by atoms with Crippen molar-refractivity contribution < 1.29 is 4.74 Å². The molecule has 0 aliphatic rings. The van der Waals surface area contributed by atoms with E-state index in [-0.39, 0.29) is 0 Å². The zero-order chi connectivity index (χ0) is 8.97. The molecule has 0 bridgehead atoms. The molecule has 66 valence electrons. The van der Waals surface area contributed by atoms with Crippen molar-refractivity contribution in [3.63, 3.8) is 0 Å². The molecular formula is C9H12BrNO. The molecule has 0 aliphatic heterocycles. The Bertz CT molecular complexity index is 263. The summed E-state index contributed by atoms with van der Waals surface area (Å²) >= 11 is 3.41. The molecule has 0 saturated heterocycles. The third-order valence-corrected chi connectivity index (χ3v) is 2.32. The highest BCUT2D eigenvalue weighted by Crippen LogP contribution is 2.21. The molecule has 1 aromatic rings. The van der Waals surface area contributed by atoms with Crippen LogP contribution in [0.1, 0.15) is 12.5 Å². The van der Waals surface area contributed by atoms with E-state index >= 15 is 0 Å². The Morgan fingerprint density at radius 3 is 2.83 bits per heavy atom. The van der Waals surface area contributed by atoms with Gasteiger partial charge in [-0.3, -0.25) is 0 Å². The second-order valence-electron chi connectivity index (χ2n) is 2.39. The normalized spacial score (nSPS) is 9.92. The fourth-order valence-electron chi connectivity index (χ4n) is 0.964. The van der Waals surface area contributed by atoms with Gasteiger partial charge in [-0.15, -0.1) is 0 Å². The number of nitrogens with two attached hydrogens (primary N) is 1. The molecule has 0 atom stereocenters. The second-order valence-corrected chi connectivity index (χ2v) is 3.24. The summed E-state index contributed by atoms with van der Waals surface area (Å²) < 4.78 is 6.36. The Hall–Kier alpha value is -0.540. The molecule has 0 aliphatic carbocycles. The van der Waals surface area contributed by atoms with Gasteiger partial charge in [0.1, 0.15) is 5.75 Å². The first-order valence-electron chi connectivity index (χ1n) is 3.89. The minimum absolute atomic E-state index is 0.529. The second kappa shape index (κ2) is 4.48. The highest BCUT2D eigenvalue weighted by molar-refractivity contribution is 9.10. The highest BCUT2D eigenvalue weighted by Gasteiger charge is 1.99. The molecule has 0 fully saturated rings. The highest BCUT2D eigenvalue weighted by atomic mass is 79.9. The molecule has 0 amide bonds. The minimum atomic E-state index is 0.529. The standard InChI is InChI=1S/C9H12BrNO/c1-2-12-8-3-4-9(10)7(5-8)6-11/h3-5H,2,6,11H2,1H3. The molecule has 2 nitrogen and oxygen atoms in total. The van der Waals surface area contributed by atoms with E-state index in [1.54, 1.807) is 0 Å². The van der Waals surface area contributed by atoms with Crippen LogP contribution in [0.5, 0.6) is 5.75 Å². The van der Waals surface area contributed by atoms with Gasteiger partial charge in [0.2, 0.25) is 0 Å². The van der Waals surface area contributed by atoms with Crippen LogP contribution >= 0.6 is 15.9 Å². The summed E-state index contributed by atoms with van der Waals surface area (Å²) in [4.78, 5) is 0. The number of hydrogen-bond acceptors (Lipinski definition) is 2. The number of benzene rings is 1. The van der Waals surface area contributed by atoms with E-state index in [9.17, 15) is 0 Å². The van der Waals surface area contributed by atoms with Crippen molar-refractivity contribution in [3.05, 3.63) is 28.2 Å². The molecule has 1 aromatic carbocycles. The molecule has 0 aromatic heterocycles. The van der Waals surface area contributed by atoms with E-state index < -0.39 is 0 Å². The van der Waals surface area contributed by atoms with Crippen LogP contribution in [-0.2, 0) is 6.54 Å². The van der Waals surface area contributed by atoms with Crippen LogP contribution in [-0.4, -0.2) is 6.61 Å². The average Bonchev–Trinajstić information content (AvgIpc) is 2.09. The molecule has 2 N–H and O–H groups in total. The van der Waals surface area contributed by atoms with Crippen molar-refractivity contribution in [2.24, 2.45) is 5.73 Å². The van der Waals surface area contributed by atoms with E-state index in [0.717, 1.165) is 15.8 Å². The van der Waals surface area contributed by atoms with Crippen LogP contribution in [0.15, 0.2) is 22.7 Å². The van der Waals surface area contributed by atoms with Gasteiger partial charge in [0.25, 0.3) is 0 Å². The number of halogens is 1. The van der Waals surface area contributed by atoms with Crippen molar-refractivity contribution in [1.29, 1.82) is 0 Å². The van der Waals surface area contributed by atoms with Gasteiger partial charge < -0.3 is 10.5 Å². The predicted octanol–water partition coefficient (Wildman–Crippen LogP) is 2.31. The van der Waals surface area contributed by atoms with Crippen molar-refractivity contribution in [3.8, 4) is 5.75 Å². The van der Waals surface area contributed by atoms with Crippen molar-refractivity contribution >= 4 is 15.9 Å². The smallest absolute Gasteiger partial charge is 0.119 e. The third-order valence-electron chi connectivity index (χ3n) is 1.55. The van der Waals surface area contributed by atoms with Gasteiger partial charge in [-0.25, -0.2) is 0 Å². The SMILES string of the molecule is CCOc1ccc(Br)c(CN)c1. The van der Waals surface area contributed by atoms with Gasteiger partial charge in [0.05, 0.1) is 6.61 Å². The van der Waals surface area contributed by atoms with Gasteiger partial charge in [-0.05, 0) is 30.7 Å². The lowest BCUT2D eigenvalue weighted by Crippen LogP contribution is -1.99. The maximum absolute atomic E-state index is 5.53. The lowest BCUT2D eigenvalue weighted by atomic mass is 10.2. The van der Waals surface area contributed by atoms with Gasteiger partial charge in [0, 0.05) is 11.0 Å². The summed E-state index contributed by atoms with van der Waals surface area (Å²) in [6.07, 6.45) is 0. The van der Waals surface area contributed by atoms with Crippen LogP contribution in [0, 0.1) is 0 Å². The Morgan fingerprint density at radius 1 is 1.50 bits per heavy atom. The minimum Gasteiger partial charge on any atom is -0.494 e. The predicted molar refractivity (Wildman–Crippen MR) is 53.2 cm³/mol. The van der Waals surface area contributed by atoms with Crippen molar-refractivity contribution in [2.75, 3.05) is 6.61 Å². The van der Waals surface area contributed by atoms with Crippen molar-refractivity contribution in [1.82, 2.24) is 0 Å². The molecular weight excluding hydrogens is 218 g/mol. The summed E-state index contributed by atoms with van der Waals surface area (Å²) in [7, 11) is 0. The van der Waals surface area contributed by atoms with Crippen LogP contribution in [0.25, 0.3) is 0 Å². The fourth-order valence-corrected chi connectivity index (χ4v) is 1.37. The van der Waals surface area contributed by atoms with E-state index in [1.165, 1.54) is 0 Å². The van der Waals surface area contributed by atoms with E-state index in [0.29, 0.717) is 13.2 Å². The van der Waals surface area contributed by atoms with E-state index in [4.69, 9.17) is 10.5 Å². The maximum atomic E-state index is 5.53. The van der Waals surface area contributed by atoms with Crippen molar-refractivity contribution in [2.45, 2.75) is 13.5 Å². The zero-order valence-electron chi connectivity index (χ0n) is 7.01. The first kappa shape index (κ1) is 9.55. The summed E-state index contributed by atoms with van der Waals surface area (Å²) in [6.45, 7) is 3.18. The Morgan fingerprint density at radius 2 is 2.25 bits per heavy atom. The average molecular weight is 230 g/mol. The molecule has 0 unspecified atom stereocenters. The van der Waals surface area contributed by atoms with E-state index in [2.05, 4.69) is 15.9 Å². The molecule has 0 radical (unpaired) electrons. The van der Waals surface area contributed by atoms with Crippen LogP contribution in [0.3, 0.4) is 0 Å². The third kappa shape index (κ3) is 2.22. The largest absolute Gasteiger partial charge is 0.494 e. The Labute approximate surface area is 80.8 Å². The first-order valence-corrected chi connectivity index (χ1v) is 4.68. The Balaban J connectivity index is 2.89. The summed E-state index contributed by atoms with van der Waals surface area (Å²) in [5.41, 5.74) is 6.60. The van der Waals surface area contributed by atoms with Crippen LogP contribution in [0.4, 0.5) is 0 Å². The molecule has 3 heteroatoms. The molecule has 0 saturated carbocycles.